The van der Waals surface area contributed by atoms with E-state index in [4.69, 9.17) is 21.1 Å². The van der Waals surface area contributed by atoms with Gasteiger partial charge in [0.05, 0.1) is 6.21 Å². The van der Waals surface area contributed by atoms with Crippen LogP contribution < -0.4 is 14.9 Å². The number of nitrogens with zero attached hydrogens (tertiary/aromatic N) is 1. The molecule has 0 aliphatic carbocycles. The summed E-state index contributed by atoms with van der Waals surface area (Å²) in [6.07, 6.45) is 1.56. The quantitative estimate of drug-likeness (QED) is 0.432. The molecule has 1 N–H and O–H groups in total. The van der Waals surface area contributed by atoms with Gasteiger partial charge in [-0.1, -0.05) is 41.9 Å². The van der Waals surface area contributed by atoms with Crippen molar-refractivity contribution in [2.45, 2.75) is 13.5 Å². The molecule has 0 unspecified atom stereocenters. The van der Waals surface area contributed by atoms with E-state index in [9.17, 15) is 4.79 Å². The number of para-hydroxylation sites is 1. The van der Waals surface area contributed by atoms with Crippen molar-refractivity contribution in [1.82, 2.24) is 5.43 Å². The molecule has 1 amide bonds. The molecular weight excluding hydrogens is 388 g/mol. The van der Waals surface area contributed by atoms with Gasteiger partial charge in [0.2, 0.25) is 0 Å². The van der Waals surface area contributed by atoms with E-state index in [1.807, 2.05) is 79.7 Å². The van der Waals surface area contributed by atoms with Gasteiger partial charge in [-0.2, -0.15) is 5.10 Å². The maximum absolute atomic E-state index is 11.8. The van der Waals surface area contributed by atoms with Crippen LogP contribution in [0.1, 0.15) is 16.7 Å². The number of amides is 1. The maximum Gasteiger partial charge on any atom is 0.277 e. The van der Waals surface area contributed by atoms with Gasteiger partial charge in [0.25, 0.3) is 5.91 Å². The summed E-state index contributed by atoms with van der Waals surface area (Å²) in [6.45, 7) is 2.29. The summed E-state index contributed by atoms with van der Waals surface area (Å²) in [5.74, 6) is 1.10. The van der Waals surface area contributed by atoms with Crippen molar-refractivity contribution in [3.63, 3.8) is 0 Å². The molecule has 0 aliphatic heterocycles. The Balaban J connectivity index is 1.42. The summed E-state index contributed by atoms with van der Waals surface area (Å²) in [5, 5.41) is 4.65. The molecule has 0 saturated heterocycles. The second kappa shape index (κ2) is 10.3. The fraction of sp³-hybridized carbons (Fsp3) is 0.130. The lowest BCUT2D eigenvalue weighted by molar-refractivity contribution is -0.123. The molecule has 0 spiro atoms. The number of halogens is 1. The van der Waals surface area contributed by atoms with Crippen molar-refractivity contribution < 1.29 is 14.3 Å². The van der Waals surface area contributed by atoms with Crippen LogP contribution in [0.4, 0.5) is 0 Å². The Morgan fingerprint density at radius 2 is 1.72 bits per heavy atom. The van der Waals surface area contributed by atoms with Crippen molar-refractivity contribution in [3.8, 4) is 11.5 Å². The molecule has 29 heavy (non-hydrogen) atoms. The van der Waals surface area contributed by atoms with Crippen LogP contribution >= 0.6 is 11.6 Å². The van der Waals surface area contributed by atoms with E-state index < -0.39 is 0 Å². The van der Waals surface area contributed by atoms with Gasteiger partial charge in [0, 0.05) is 5.02 Å². The molecule has 0 radical (unpaired) electrons. The van der Waals surface area contributed by atoms with Gasteiger partial charge in [-0.05, 0) is 66.1 Å². The van der Waals surface area contributed by atoms with E-state index in [1.54, 1.807) is 6.21 Å². The van der Waals surface area contributed by atoms with Crippen molar-refractivity contribution in [1.29, 1.82) is 0 Å². The van der Waals surface area contributed by atoms with Gasteiger partial charge < -0.3 is 9.47 Å². The van der Waals surface area contributed by atoms with E-state index in [2.05, 4.69) is 10.5 Å². The van der Waals surface area contributed by atoms with Crippen molar-refractivity contribution >= 4 is 23.7 Å². The lowest BCUT2D eigenvalue weighted by Crippen LogP contribution is -2.24. The first-order valence-corrected chi connectivity index (χ1v) is 9.45. The highest BCUT2D eigenvalue weighted by Crippen LogP contribution is 2.16. The fourth-order valence-corrected chi connectivity index (χ4v) is 2.60. The molecule has 0 fully saturated rings. The minimum absolute atomic E-state index is 0.0976. The first-order chi connectivity index (χ1) is 14.1. The van der Waals surface area contributed by atoms with Gasteiger partial charge >= 0.3 is 0 Å². The number of nitrogens with one attached hydrogen (secondary N) is 1. The third kappa shape index (κ3) is 6.66. The van der Waals surface area contributed by atoms with Crippen LogP contribution in [0.5, 0.6) is 11.5 Å². The number of hydrogen-bond donors (Lipinski definition) is 1. The molecule has 0 saturated carbocycles. The second-order valence-electron chi connectivity index (χ2n) is 6.33. The van der Waals surface area contributed by atoms with Crippen molar-refractivity contribution in [2.24, 2.45) is 5.10 Å². The molecule has 5 nitrogen and oxygen atoms in total. The van der Waals surface area contributed by atoms with Crippen LogP contribution in [0.15, 0.2) is 77.9 Å². The number of carbonyl (C=O) groups excluding carboxylic acids is 1. The number of benzene rings is 3. The van der Waals surface area contributed by atoms with Crippen LogP contribution in [-0.4, -0.2) is 18.7 Å². The molecule has 3 aromatic carbocycles. The highest BCUT2D eigenvalue weighted by molar-refractivity contribution is 6.30. The third-order valence-electron chi connectivity index (χ3n) is 4.05. The van der Waals surface area contributed by atoms with E-state index in [1.165, 1.54) is 0 Å². The molecule has 0 heterocycles. The van der Waals surface area contributed by atoms with Crippen molar-refractivity contribution in [2.75, 3.05) is 6.61 Å². The van der Waals surface area contributed by atoms with E-state index in [0.29, 0.717) is 17.4 Å². The molecule has 148 valence electrons. The Hall–Kier alpha value is -3.31. The summed E-state index contributed by atoms with van der Waals surface area (Å²) >= 11 is 5.87. The molecular formula is C23H21ClN2O3. The fourth-order valence-electron chi connectivity index (χ4n) is 2.47. The summed E-state index contributed by atoms with van der Waals surface area (Å²) in [5.41, 5.74) is 5.30. The molecule has 6 heteroatoms. The van der Waals surface area contributed by atoms with E-state index >= 15 is 0 Å². The van der Waals surface area contributed by atoms with Gasteiger partial charge in [0.1, 0.15) is 18.1 Å². The third-order valence-corrected chi connectivity index (χ3v) is 4.31. The average molecular weight is 409 g/mol. The van der Waals surface area contributed by atoms with Gasteiger partial charge in [-0.3, -0.25) is 4.79 Å². The summed E-state index contributed by atoms with van der Waals surface area (Å²) in [7, 11) is 0. The minimum atomic E-state index is -0.326. The minimum Gasteiger partial charge on any atom is -0.489 e. The van der Waals surface area contributed by atoms with Crippen LogP contribution in [0.3, 0.4) is 0 Å². The number of hydrogen-bond acceptors (Lipinski definition) is 4. The zero-order chi connectivity index (χ0) is 20.5. The predicted molar refractivity (Wildman–Crippen MR) is 115 cm³/mol. The summed E-state index contributed by atoms with van der Waals surface area (Å²) in [4.78, 5) is 11.8. The zero-order valence-electron chi connectivity index (χ0n) is 16.0. The Morgan fingerprint density at radius 3 is 2.45 bits per heavy atom. The van der Waals surface area contributed by atoms with Crippen LogP contribution in [0, 0.1) is 6.92 Å². The Morgan fingerprint density at radius 1 is 1.00 bits per heavy atom. The maximum atomic E-state index is 11.8. The first kappa shape index (κ1) is 20.4. The lowest BCUT2D eigenvalue weighted by Gasteiger charge is -2.07. The SMILES string of the molecule is Cc1ccccc1OCC(=O)N/N=C/c1ccc(OCc2ccc(Cl)cc2)cc1. The van der Waals surface area contributed by atoms with Crippen LogP contribution in [-0.2, 0) is 11.4 Å². The van der Waals surface area contributed by atoms with Crippen molar-refractivity contribution in [3.05, 3.63) is 94.5 Å². The molecule has 3 aromatic rings. The van der Waals surface area contributed by atoms with Crippen LogP contribution in [0.25, 0.3) is 0 Å². The predicted octanol–water partition coefficient (Wildman–Crippen LogP) is 4.76. The number of aryl methyl sites for hydroxylation is 1. The molecule has 0 aliphatic rings. The highest BCUT2D eigenvalue weighted by atomic mass is 35.5. The molecule has 0 atom stereocenters. The summed E-state index contributed by atoms with van der Waals surface area (Å²) in [6, 6.07) is 22.5. The first-order valence-electron chi connectivity index (χ1n) is 9.08. The van der Waals surface area contributed by atoms with E-state index in [-0.39, 0.29) is 12.5 Å². The molecule has 0 bridgehead atoms. The number of ether oxygens (including phenoxy) is 2. The molecule has 3 rings (SSSR count). The average Bonchev–Trinajstić information content (AvgIpc) is 2.74. The lowest BCUT2D eigenvalue weighted by atomic mass is 10.2. The number of hydrazone groups is 1. The highest BCUT2D eigenvalue weighted by Gasteiger charge is 2.03. The number of carbonyl (C=O) groups is 1. The largest absolute Gasteiger partial charge is 0.489 e. The van der Waals surface area contributed by atoms with E-state index in [0.717, 1.165) is 22.4 Å². The van der Waals surface area contributed by atoms with Gasteiger partial charge in [-0.15, -0.1) is 0 Å². The smallest absolute Gasteiger partial charge is 0.277 e. The second-order valence-corrected chi connectivity index (χ2v) is 6.77. The van der Waals surface area contributed by atoms with Gasteiger partial charge in [0.15, 0.2) is 6.61 Å². The van der Waals surface area contributed by atoms with Gasteiger partial charge in [-0.25, -0.2) is 5.43 Å². The number of rotatable bonds is 8. The zero-order valence-corrected chi connectivity index (χ0v) is 16.7. The topological polar surface area (TPSA) is 59.9 Å². The standard InChI is InChI=1S/C23H21ClN2O3/c1-17-4-2-3-5-22(17)29-16-23(27)26-25-14-18-8-12-21(13-9-18)28-15-19-6-10-20(24)11-7-19/h2-14H,15-16H2,1H3,(H,26,27)/b25-14+. The monoisotopic (exact) mass is 408 g/mol. The Labute approximate surface area is 174 Å². The van der Waals surface area contributed by atoms with Crippen LogP contribution in [0.2, 0.25) is 5.02 Å². The molecule has 0 aromatic heterocycles. The Kier molecular flexibility index (Phi) is 7.25. The normalized spacial score (nSPS) is 10.7. The Bertz CT molecular complexity index is 970. The summed E-state index contributed by atoms with van der Waals surface area (Å²) < 4.78 is 11.2.